The molecule has 0 heteroatoms. The van der Waals surface area contributed by atoms with Gasteiger partial charge in [-0.1, -0.05) is 90.5 Å². The van der Waals surface area contributed by atoms with Crippen molar-refractivity contribution in [3.05, 3.63) is 107 Å². The Hall–Kier alpha value is -2.86. The van der Waals surface area contributed by atoms with E-state index in [4.69, 9.17) is 0 Å². The summed E-state index contributed by atoms with van der Waals surface area (Å²) in [5.74, 6) is 0. The first kappa shape index (κ1) is 15.7. The third-order valence-corrected chi connectivity index (χ3v) is 4.79. The lowest BCUT2D eigenvalue weighted by molar-refractivity contribution is 1.11. The van der Waals surface area contributed by atoms with Crippen LogP contribution in [0.2, 0.25) is 0 Å². The predicted octanol–water partition coefficient (Wildman–Crippen LogP) is 6.75. The molecule has 0 spiro atoms. The molecule has 1 aliphatic carbocycles. The predicted molar refractivity (Wildman–Crippen MR) is 110 cm³/mol. The number of aryl methyl sites for hydroxylation is 1. The van der Waals surface area contributed by atoms with Crippen molar-refractivity contribution < 1.29 is 0 Å². The van der Waals surface area contributed by atoms with Crippen LogP contribution in [0.25, 0.3) is 22.4 Å². The summed E-state index contributed by atoms with van der Waals surface area (Å²) in [4.78, 5) is 0. The van der Waals surface area contributed by atoms with Gasteiger partial charge in [0.2, 0.25) is 0 Å². The van der Waals surface area contributed by atoms with Crippen LogP contribution in [0.5, 0.6) is 0 Å². The van der Waals surface area contributed by atoms with Crippen molar-refractivity contribution in [1.82, 2.24) is 0 Å². The van der Waals surface area contributed by atoms with E-state index in [1.165, 1.54) is 44.2 Å². The van der Waals surface area contributed by atoms with E-state index >= 15 is 0 Å². The van der Waals surface area contributed by atoms with E-state index in [0.29, 0.717) is 0 Å². The maximum atomic E-state index is 2.31. The number of allylic oxidation sites excluding steroid dienone is 5. The van der Waals surface area contributed by atoms with Crippen LogP contribution in [0.3, 0.4) is 0 Å². The summed E-state index contributed by atoms with van der Waals surface area (Å²) >= 11 is 0. The summed E-state index contributed by atoms with van der Waals surface area (Å²) in [5.41, 5.74) is 8.06. The quantitative estimate of drug-likeness (QED) is 0.489. The van der Waals surface area contributed by atoms with Gasteiger partial charge in [0.25, 0.3) is 0 Å². The van der Waals surface area contributed by atoms with Crippen molar-refractivity contribution >= 4 is 22.4 Å². The van der Waals surface area contributed by atoms with E-state index in [0.717, 1.165) is 6.42 Å². The van der Waals surface area contributed by atoms with Gasteiger partial charge in [0.1, 0.15) is 0 Å². The highest BCUT2D eigenvalue weighted by Gasteiger charge is 2.11. The second-order valence-electron chi connectivity index (χ2n) is 6.88. The van der Waals surface area contributed by atoms with Gasteiger partial charge in [0.15, 0.2) is 0 Å². The first-order valence-corrected chi connectivity index (χ1v) is 8.84. The van der Waals surface area contributed by atoms with E-state index in [1.807, 2.05) is 0 Å². The van der Waals surface area contributed by atoms with Crippen LogP contribution in [0, 0.1) is 6.92 Å². The smallest absolute Gasteiger partial charge is 0.00604 e. The molecule has 4 rings (SSSR count). The van der Waals surface area contributed by atoms with Gasteiger partial charge in [-0.05, 0) is 58.9 Å². The zero-order chi connectivity index (χ0) is 17.2. The van der Waals surface area contributed by atoms with Gasteiger partial charge in [0.05, 0.1) is 0 Å². The van der Waals surface area contributed by atoms with Crippen molar-refractivity contribution in [2.45, 2.75) is 20.3 Å². The van der Waals surface area contributed by atoms with E-state index in [1.54, 1.807) is 0 Å². The third kappa shape index (κ3) is 3.21. The molecule has 0 fully saturated rings. The zero-order valence-corrected chi connectivity index (χ0v) is 14.8. The van der Waals surface area contributed by atoms with Crippen LogP contribution >= 0.6 is 0 Å². The van der Waals surface area contributed by atoms with Gasteiger partial charge in [0, 0.05) is 0 Å². The molecule has 0 nitrogen and oxygen atoms in total. The molecule has 0 radical (unpaired) electrons. The molecule has 0 aliphatic heterocycles. The summed E-state index contributed by atoms with van der Waals surface area (Å²) in [6.45, 7) is 4.37. The first-order chi connectivity index (χ1) is 12.2. The Labute approximate surface area is 149 Å². The van der Waals surface area contributed by atoms with Gasteiger partial charge in [-0.25, -0.2) is 0 Å². The third-order valence-electron chi connectivity index (χ3n) is 4.79. The number of benzene rings is 3. The molecule has 0 heterocycles. The van der Waals surface area contributed by atoms with Gasteiger partial charge in [-0.3, -0.25) is 0 Å². The van der Waals surface area contributed by atoms with Crippen molar-refractivity contribution in [3.63, 3.8) is 0 Å². The van der Waals surface area contributed by atoms with Crippen LogP contribution in [0.1, 0.15) is 29.2 Å². The minimum atomic E-state index is 1.06. The monoisotopic (exact) mass is 322 g/mol. The van der Waals surface area contributed by atoms with Gasteiger partial charge < -0.3 is 0 Å². The molecule has 0 amide bonds. The van der Waals surface area contributed by atoms with Crippen molar-refractivity contribution in [3.8, 4) is 0 Å². The van der Waals surface area contributed by atoms with Gasteiger partial charge in [-0.15, -0.1) is 0 Å². The van der Waals surface area contributed by atoms with E-state index in [-0.39, 0.29) is 0 Å². The Balaban J connectivity index is 1.74. The first-order valence-electron chi connectivity index (χ1n) is 8.84. The van der Waals surface area contributed by atoms with Gasteiger partial charge >= 0.3 is 0 Å². The Morgan fingerprint density at radius 1 is 0.880 bits per heavy atom. The molecular formula is C25H22. The lowest BCUT2D eigenvalue weighted by Gasteiger charge is -2.16. The highest BCUT2D eigenvalue weighted by molar-refractivity contribution is 5.91. The molecule has 1 aliphatic rings. The molecule has 0 atom stereocenters. The second-order valence-corrected chi connectivity index (χ2v) is 6.88. The molecule has 25 heavy (non-hydrogen) atoms. The Kier molecular flexibility index (Phi) is 4.11. The van der Waals surface area contributed by atoms with Crippen LogP contribution in [0.15, 0.2) is 84.5 Å². The number of fused-ring (bicyclic) bond motifs is 2. The molecule has 122 valence electrons. The van der Waals surface area contributed by atoms with E-state index in [9.17, 15) is 0 Å². The Morgan fingerprint density at radius 3 is 2.60 bits per heavy atom. The summed E-state index contributed by atoms with van der Waals surface area (Å²) in [5, 5.41) is 2.60. The van der Waals surface area contributed by atoms with Crippen molar-refractivity contribution in [2.24, 2.45) is 0 Å². The molecule has 0 saturated carbocycles. The molecule has 3 aromatic carbocycles. The Morgan fingerprint density at radius 2 is 1.68 bits per heavy atom. The molecule has 0 aromatic heterocycles. The lowest BCUT2D eigenvalue weighted by atomic mass is 9.88. The standard InChI is InChI=1S/C25H22/c1-18-14-20-8-3-5-12-24(20)22(16-18)10-7-11-23-17-19(2)15-21-9-4-6-13-25(21)23/h3-14,16-17H,15H2,1-2H3/b10-7+,23-11+. The summed E-state index contributed by atoms with van der Waals surface area (Å²) in [7, 11) is 0. The maximum Gasteiger partial charge on any atom is -0.00604 e. The topological polar surface area (TPSA) is 0 Å². The summed E-state index contributed by atoms with van der Waals surface area (Å²) < 4.78 is 0. The minimum absolute atomic E-state index is 1.06. The fourth-order valence-electron chi connectivity index (χ4n) is 3.68. The average molecular weight is 322 g/mol. The highest BCUT2D eigenvalue weighted by atomic mass is 14.2. The highest BCUT2D eigenvalue weighted by Crippen LogP contribution is 2.29. The van der Waals surface area contributed by atoms with Crippen LogP contribution in [-0.4, -0.2) is 0 Å². The minimum Gasteiger partial charge on any atom is -0.0683 e. The zero-order valence-electron chi connectivity index (χ0n) is 14.8. The lowest BCUT2D eigenvalue weighted by Crippen LogP contribution is -1.99. The molecular weight excluding hydrogens is 300 g/mol. The molecule has 3 aromatic rings. The molecule has 0 unspecified atom stereocenters. The Bertz CT molecular complexity index is 1030. The summed E-state index contributed by atoms with van der Waals surface area (Å²) in [6, 6.07) is 21.8. The molecule has 0 N–H and O–H groups in total. The van der Waals surface area contributed by atoms with Crippen LogP contribution in [-0.2, 0) is 6.42 Å². The van der Waals surface area contributed by atoms with Crippen LogP contribution < -0.4 is 0 Å². The SMILES string of the molecule is CC1=C/C(=C\C=C\c2cc(C)cc3ccccc23)c2ccccc2C1. The van der Waals surface area contributed by atoms with E-state index < -0.39 is 0 Å². The number of rotatable bonds is 2. The fourth-order valence-corrected chi connectivity index (χ4v) is 3.68. The normalized spacial score (nSPS) is 15.6. The van der Waals surface area contributed by atoms with E-state index in [2.05, 4.69) is 98.8 Å². The second kappa shape index (κ2) is 6.57. The largest absolute Gasteiger partial charge is 0.0683 e. The average Bonchev–Trinajstić information content (AvgIpc) is 2.61. The van der Waals surface area contributed by atoms with Crippen molar-refractivity contribution in [1.29, 1.82) is 0 Å². The molecule has 0 bridgehead atoms. The van der Waals surface area contributed by atoms with Crippen LogP contribution in [0.4, 0.5) is 0 Å². The maximum absolute atomic E-state index is 2.31. The summed E-state index contributed by atoms with van der Waals surface area (Å²) in [6.07, 6.45) is 10.0. The van der Waals surface area contributed by atoms with Crippen molar-refractivity contribution in [2.75, 3.05) is 0 Å². The van der Waals surface area contributed by atoms with Gasteiger partial charge in [-0.2, -0.15) is 0 Å². The molecule has 0 saturated heterocycles. The fraction of sp³-hybridized carbons (Fsp3) is 0.120. The number of hydrogen-bond donors (Lipinski definition) is 0. The number of hydrogen-bond acceptors (Lipinski definition) is 0.